The lowest BCUT2D eigenvalue weighted by Crippen LogP contribution is -2.16. The maximum Gasteiger partial charge on any atom is 0.416 e. The van der Waals surface area contributed by atoms with Gasteiger partial charge in [-0.2, -0.15) is 13.2 Å². The van der Waals surface area contributed by atoms with Crippen molar-refractivity contribution < 1.29 is 22.4 Å². The number of halogens is 4. The van der Waals surface area contributed by atoms with Gasteiger partial charge in [-0.1, -0.05) is 23.0 Å². The molecule has 0 aliphatic carbocycles. The van der Waals surface area contributed by atoms with Crippen LogP contribution in [0.1, 0.15) is 21.7 Å². The number of carbonyl (C=O) groups is 1. The molecule has 168 valence electrons. The minimum Gasteiger partial charge on any atom is -0.321 e. The number of rotatable bonds is 6. The van der Waals surface area contributed by atoms with Gasteiger partial charge in [-0.3, -0.25) is 4.79 Å². The number of hydrogen-bond donors (Lipinski definition) is 1. The average molecular weight is 474 g/mol. The molecular weight excluding hydrogens is 460 g/mol. The van der Waals surface area contributed by atoms with Crippen molar-refractivity contribution in [3.63, 3.8) is 0 Å². The summed E-state index contributed by atoms with van der Waals surface area (Å²) in [5.41, 5.74) is -0.251. The molecule has 2 heterocycles. The van der Waals surface area contributed by atoms with Gasteiger partial charge >= 0.3 is 6.18 Å². The van der Waals surface area contributed by atoms with Gasteiger partial charge < -0.3 is 5.32 Å². The standard InChI is InChI=1S/C21H14F4N6OS/c22-14-5-7-16(8-6-14)31-17(12-33-20-26-9-2-10-27-20)18(29-30-31)19(32)28-15-4-1-3-13(11-15)21(23,24)25/h1-11H,12H2,(H,28,32). The third kappa shape index (κ3) is 5.34. The molecule has 0 bridgehead atoms. The highest BCUT2D eigenvalue weighted by Gasteiger charge is 2.30. The van der Waals surface area contributed by atoms with E-state index in [1.807, 2.05) is 0 Å². The fraction of sp³-hybridized carbons (Fsp3) is 0.0952. The van der Waals surface area contributed by atoms with Crippen LogP contribution < -0.4 is 5.32 Å². The second-order valence-corrected chi connectivity index (χ2v) is 7.57. The van der Waals surface area contributed by atoms with E-state index in [1.165, 1.54) is 52.8 Å². The van der Waals surface area contributed by atoms with Crippen molar-refractivity contribution in [1.29, 1.82) is 0 Å². The zero-order valence-electron chi connectivity index (χ0n) is 16.6. The van der Waals surface area contributed by atoms with Crippen LogP contribution in [0, 0.1) is 5.82 Å². The summed E-state index contributed by atoms with van der Waals surface area (Å²) in [6.07, 6.45) is -1.43. The molecule has 7 nitrogen and oxygen atoms in total. The third-order valence-corrected chi connectivity index (χ3v) is 5.26. The van der Waals surface area contributed by atoms with Gasteiger partial charge in [0.05, 0.1) is 16.9 Å². The molecule has 0 atom stereocenters. The van der Waals surface area contributed by atoms with E-state index in [0.29, 0.717) is 16.5 Å². The van der Waals surface area contributed by atoms with E-state index in [1.54, 1.807) is 18.5 Å². The number of benzene rings is 2. The van der Waals surface area contributed by atoms with Crippen LogP contribution in [-0.4, -0.2) is 30.9 Å². The first kappa shape index (κ1) is 22.4. The lowest BCUT2D eigenvalue weighted by Gasteiger charge is -2.10. The molecule has 2 aromatic heterocycles. The molecule has 2 aromatic carbocycles. The second kappa shape index (κ2) is 9.36. The van der Waals surface area contributed by atoms with E-state index in [2.05, 4.69) is 25.6 Å². The van der Waals surface area contributed by atoms with Gasteiger partial charge in [0.1, 0.15) is 5.82 Å². The van der Waals surface area contributed by atoms with Gasteiger partial charge in [-0.05, 0) is 48.5 Å². The summed E-state index contributed by atoms with van der Waals surface area (Å²) < 4.78 is 53.7. The van der Waals surface area contributed by atoms with Crippen LogP contribution in [0.25, 0.3) is 5.69 Å². The number of aromatic nitrogens is 5. The maximum absolute atomic E-state index is 13.4. The number of thioether (sulfide) groups is 1. The Hall–Kier alpha value is -3.80. The lowest BCUT2D eigenvalue weighted by atomic mass is 10.2. The largest absolute Gasteiger partial charge is 0.416 e. The normalized spacial score (nSPS) is 11.4. The predicted octanol–water partition coefficient (Wildman–Crippen LogP) is 4.76. The monoisotopic (exact) mass is 474 g/mol. The highest BCUT2D eigenvalue weighted by molar-refractivity contribution is 7.98. The van der Waals surface area contributed by atoms with E-state index < -0.39 is 23.5 Å². The smallest absolute Gasteiger partial charge is 0.321 e. The molecule has 0 radical (unpaired) electrons. The van der Waals surface area contributed by atoms with Crippen LogP contribution >= 0.6 is 11.8 Å². The summed E-state index contributed by atoms with van der Waals surface area (Å²) in [7, 11) is 0. The summed E-state index contributed by atoms with van der Waals surface area (Å²) in [5, 5.41) is 10.8. The molecule has 0 aliphatic heterocycles. The van der Waals surface area contributed by atoms with Crippen LogP contribution in [0.3, 0.4) is 0 Å². The van der Waals surface area contributed by atoms with Gasteiger partial charge in [0.15, 0.2) is 10.9 Å². The first-order chi connectivity index (χ1) is 15.8. The fourth-order valence-corrected chi connectivity index (χ4v) is 3.65. The molecule has 0 aliphatic rings. The number of hydrogen-bond acceptors (Lipinski definition) is 6. The van der Waals surface area contributed by atoms with Crippen LogP contribution in [0.5, 0.6) is 0 Å². The highest BCUT2D eigenvalue weighted by Crippen LogP contribution is 2.31. The van der Waals surface area contributed by atoms with Crippen molar-refractivity contribution in [2.24, 2.45) is 0 Å². The number of nitrogens with zero attached hydrogens (tertiary/aromatic N) is 5. The Morgan fingerprint density at radius 3 is 2.45 bits per heavy atom. The van der Waals surface area contributed by atoms with Crippen molar-refractivity contribution in [3.05, 3.63) is 89.8 Å². The summed E-state index contributed by atoms with van der Waals surface area (Å²) in [5.74, 6) is -1.03. The van der Waals surface area contributed by atoms with Crippen LogP contribution in [0.2, 0.25) is 0 Å². The third-order valence-electron chi connectivity index (χ3n) is 4.38. The molecular formula is C21H14F4N6OS. The summed E-state index contributed by atoms with van der Waals surface area (Å²) >= 11 is 1.21. The number of carbonyl (C=O) groups excluding carboxylic acids is 1. The Labute approximate surface area is 188 Å². The number of alkyl halides is 3. The van der Waals surface area contributed by atoms with Gasteiger partial charge in [0.2, 0.25) is 0 Å². The summed E-state index contributed by atoms with van der Waals surface area (Å²) in [6, 6.07) is 11.3. The zero-order chi connectivity index (χ0) is 23.4. The summed E-state index contributed by atoms with van der Waals surface area (Å²) in [4.78, 5) is 21.1. The molecule has 12 heteroatoms. The van der Waals surface area contributed by atoms with Gasteiger partial charge in [0, 0.05) is 23.8 Å². The molecule has 4 rings (SSSR count). The van der Waals surface area contributed by atoms with E-state index in [9.17, 15) is 22.4 Å². The molecule has 4 aromatic rings. The van der Waals surface area contributed by atoms with Gasteiger partial charge in [-0.15, -0.1) is 5.10 Å². The molecule has 0 fully saturated rings. The molecule has 0 spiro atoms. The molecule has 1 amide bonds. The van der Waals surface area contributed by atoms with Gasteiger partial charge in [-0.25, -0.2) is 19.0 Å². The SMILES string of the molecule is O=C(Nc1cccc(C(F)(F)F)c1)c1nnn(-c2ccc(F)cc2)c1CSc1ncccn1. The van der Waals surface area contributed by atoms with Crippen LogP contribution in [0.15, 0.2) is 72.1 Å². The molecule has 0 saturated carbocycles. The number of nitrogens with one attached hydrogen (secondary N) is 1. The zero-order valence-corrected chi connectivity index (χ0v) is 17.4. The van der Waals surface area contributed by atoms with Crippen molar-refractivity contribution in [3.8, 4) is 5.69 Å². The average Bonchev–Trinajstić information content (AvgIpc) is 3.22. The maximum atomic E-state index is 13.4. The molecule has 1 N–H and O–H groups in total. The van der Waals surface area contributed by atoms with Crippen LogP contribution in [0.4, 0.5) is 23.2 Å². The fourth-order valence-electron chi connectivity index (χ4n) is 2.85. The van der Waals surface area contributed by atoms with E-state index in [4.69, 9.17) is 0 Å². The van der Waals surface area contributed by atoms with Crippen molar-refractivity contribution >= 4 is 23.4 Å². The molecule has 33 heavy (non-hydrogen) atoms. The van der Waals surface area contributed by atoms with Crippen molar-refractivity contribution in [1.82, 2.24) is 25.0 Å². The summed E-state index contributed by atoms with van der Waals surface area (Å²) in [6.45, 7) is 0. The number of anilines is 1. The Morgan fingerprint density at radius 2 is 1.76 bits per heavy atom. The van der Waals surface area contributed by atoms with E-state index in [0.717, 1.165) is 12.1 Å². The Bertz CT molecular complexity index is 1260. The second-order valence-electron chi connectivity index (χ2n) is 6.63. The van der Waals surface area contributed by atoms with Crippen molar-refractivity contribution in [2.75, 3.05) is 5.32 Å². The topological polar surface area (TPSA) is 85.6 Å². The van der Waals surface area contributed by atoms with E-state index in [-0.39, 0.29) is 17.1 Å². The Balaban J connectivity index is 1.65. The molecule has 0 saturated heterocycles. The Morgan fingerprint density at radius 1 is 1.03 bits per heavy atom. The first-order valence-corrected chi connectivity index (χ1v) is 10.4. The molecule has 0 unspecified atom stereocenters. The van der Waals surface area contributed by atoms with Gasteiger partial charge in [0.25, 0.3) is 5.91 Å². The van der Waals surface area contributed by atoms with Crippen LogP contribution in [-0.2, 0) is 11.9 Å². The van der Waals surface area contributed by atoms with Crippen molar-refractivity contribution in [2.45, 2.75) is 17.1 Å². The predicted molar refractivity (Wildman–Crippen MR) is 112 cm³/mol. The Kier molecular flexibility index (Phi) is 6.36. The highest BCUT2D eigenvalue weighted by atomic mass is 32.2. The number of amides is 1. The lowest BCUT2D eigenvalue weighted by molar-refractivity contribution is -0.137. The first-order valence-electron chi connectivity index (χ1n) is 9.40. The quantitative estimate of drug-likeness (QED) is 0.246. The van der Waals surface area contributed by atoms with E-state index >= 15 is 0 Å². The minimum atomic E-state index is -4.55. The minimum absolute atomic E-state index is 0.0452.